The van der Waals surface area contributed by atoms with E-state index >= 15 is 0 Å². The van der Waals surface area contributed by atoms with Crippen LogP contribution in [0.5, 0.6) is 5.75 Å². The first-order chi connectivity index (χ1) is 9.08. The fourth-order valence-electron chi connectivity index (χ4n) is 1.47. The van der Waals surface area contributed by atoms with Gasteiger partial charge in [0.2, 0.25) is 5.76 Å². The van der Waals surface area contributed by atoms with Gasteiger partial charge in [0, 0.05) is 11.8 Å². The van der Waals surface area contributed by atoms with E-state index in [2.05, 4.69) is 5.32 Å². The zero-order valence-corrected chi connectivity index (χ0v) is 9.75. The predicted octanol–water partition coefficient (Wildman–Crippen LogP) is 0.917. The van der Waals surface area contributed by atoms with Crippen molar-refractivity contribution in [3.05, 3.63) is 35.8 Å². The summed E-state index contributed by atoms with van der Waals surface area (Å²) in [5.41, 5.74) is 0.0111. The standard InChI is InChI=1S/C12H11NO6/c14-9-5-7(1-2-8(9)12(16)17)13-11(15)10-6-18-3-4-19-10/h1-2,5-6,14H,3-4H2,(H,13,15)(H,16,17). The lowest BCUT2D eigenvalue weighted by Crippen LogP contribution is -2.21. The highest BCUT2D eigenvalue weighted by molar-refractivity contribution is 6.02. The quantitative estimate of drug-likeness (QED) is 0.750. The van der Waals surface area contributed by atoms with E-state index in [-0.39, 0.29) is 23.6 Å². The van der Waals surface area contributed by atoms with Crippen LogP contribution in [0.4, 0.5) is 5.69 Å². The minimum Gasteiger partial charge on any atom is -0.507 e. The minimum atomic E-state index is -1.25. The van der Waals surface area contributed by atoms with E-state index in [1.54, 1.807) is 0 Å². The van der Waals surface area contributed by atoms with Crippen molar-refractivity contribution in [3.63, 3.8) is 0 Å². The lowest BCUT2D eigenvalue weighted by atomic mass is 10.2. The summed E-state index contributed by atoms with van der Waals surface area (Å²) in [5.74, 6) is -2.20. The van der Waals surface area contributed by atoms with Crippen molar-refractivity contribution < 1.29 is 29.3 Å². The Kier molecular flexibility index (Phi) is 3.56. The number of anilines is 1. The fourth-order valence-corrected chi connectivity index (χ4v) is 1.47. The number of rotatable bonds is 3. The summed E-state index contributed by atoms with van der Waals surface area (Å²) in [4.78, 5) is 22.4. The normalized spacial score (nSPS) is 13.8. The SMILES string of the molecule is O=C(Nc1ccc(C(=O)O)c(O)c1)C1=COCCO1. The molecule has 0 aromatic heterocycles. The maximum absolute atomic E-state index is 11.7. The zero-order valence-electron chi connectivity index (χ0n) is 9.75. The van der Waals surface area contributed by atoms with Crippen LogP contribution < -0.4 is 5.32 Å². The fraction of sp³-hybridized carbons (Fsp3) is 0.167. The first-order valence-electron chi connectivity index (χ1n) is 5.40. The Morgan fingerprint density at radius 3 is 2.63 bits per heavy atom. The molecular weight excluding hydrogens is 254 g/mol. The van der Waals surface area contributed by atoms with Gasteiger partial charge in [-0.25, -0.2) is 4.79 Å². The molecule has 0 atom stereocenters. The molecule has 0 aliphatic carbocycles. The number of hydrogen-bond donors (Lipinski definition) is 3. The maximum atomic E-state index is 11.7. The highest BCUT2D eigenvalue weighted by atomic mass is 16.6. The monoisotopic (exact) mass is 265 g/mol. The molecule has 1 aromatic carbocycles. The smallest absolute Gasteiger partial charge is 0.339 e. The summed E-state index contributed by atoms with van der Waals surface area (Å²) < 4.78 is 10.0. The Morgan fingerprint density at radius 2 is 2.05 bits per heavy atom. The highest BCUT2D eigenvalue weighted by Gasteiger charge is 2.16. The van der Waals surface area contributed by atoms with E-state index in [9.17, 15) is 14.7 Å². The molecule has 7 nitrogen and oxygen atoms in total. The number of carbonyl (C=O) groups is 2. The van der Waals surface area contributed by atoms with Gasteiger partial charge in [-0.3, -0.25) is 4.79 Å². The van der Waals surface area contributed by atoms with Gasteiger partial charge in [0.1, 0.15) is 30.8 Å². The van der Waals surface area contributed by atoms with Crippen molar-refractivity contribution >= 4 is 17.6 Å². The number of aromatic hydroxyl groups is 1. The summed E-state index contributed by atoms with van der Waals surface area (Å²) in [5, 5.41) is 20.7. The number of carbonyl (C=O) groups excluding carboxylic acids is 1. The third kappa shape index (κ3) is 2.95. The van der Waals surface area contributed by atoms with Crippen LogP contribution in [0.1, 0.15) is 10.4 Å². The first kappa shape index (κ1) is 12.7. The molecule has 7 heteroatoms. The van der Waals surface area contributed by atoms with Crippen LogP contribution in [0, 0.1) is 0 Å². The van der Waals surface area contributed by atoms with Gasteiger partial charge in [0.05, 0.1) is 0 Å². The van der Waals surface area contributed by atoms with Crippen LogP contribution in [0.15, 0.2) is 30.2 Å². The molecule has 100 valence electrons. The Bertz CT molecular complexity index is 551. The van der Waals surface area contributed by atoms with Crippen LogP contribution in [0.3, 0.4) is 0 Å². The Morgan fingerprint density at radius 1 is 1.26 bits per heavy atom. The van der Waals surface area contributed by atoms with E-state index in [1.807, 2.05) is 0 Å². The summed E-state index contributed by atoms with van der Waals surface area (Å²) in [6, 6.07) is 3.71. The molecule has 3 N–H and O–H groups in total. The van der Waals surface area contributed by atoms with E-state index in [0.29, 0.717) is 6.61 Å². The maximum Gasteiger partial charge on any atom is 0.339 e. The molecule has 0 saturated carbocycles. The highest BCUT2D eigenvalue weighted by Crippen LogP contribution is 2.22. The van der Waals surface area contributed by atoms with Crippen LogP contribution >= 0.6 is 0 Å². The zero-order chi connectivity index (χ0) is 13.8. The first-order valence-corrected chi connectivity index (χ1v) is 5.40. The summed E-state index contributed by atoms with van der Waals surface area (Å²) in [6.07, 6.45) is 1.20. The number of carboxylic acids is 1. The average molecular weight is 265 g/mol. The average Bonchev–Trinajstić information content (AvgIpc) is 2.39. The second kappa shape index (κ2) is 5.30. The van der Waals surface area contributed by atoms with Crippen LogP contribution in [-0.2, 0) is 14.3 Å². The molecule has 1 aliphatic rings. The summed E-state index contributed by atoms with van der Waals surface area (Å²) in [7, 11) is 0. The summed E-state index contributed by atoms with van der Waals surface area (Å²) >= 11 is 0. The molecule has 1 aromatic rings. The lowest BCUT2D eigenvalue weighted by Gasteiger charge is -2.15. The van der Waals surface area contributed by atoms with Crippen molar-refractivity contribution in [1.82, 2.24) is 0 Å². The Labute approximate surface area is 108 Å². The molecular formula is C12H11NO6. The van der Waals surface area contributed by atoms with Crippen LogP contribution in [-0.4, -0.2) is 35.3 Å². The van der Waals surface area contributed by atoms with Crippen molar-refractivity contribution in [2.24, 2.45) is 0 Å². The molecule has 0 bridgehead atoms. The number of aromatic carboxylic acids is 1. The summed E-state index contributed by atoms with van der Waals surface area (Å²) in [6.45, 7) is 0.660. The van der Waals surface area contributed by atoms with Crippen molar-refractivity contribution in [1.29, 1.82) is 0 Å². The van der Waals surface area contributed by atoms with E-state index in [0.717, 1.165) is 6.07 Å². The van der Waals surface area contributed by atoms with E-state index in [4.69, 9.17) is 14.6 Å². The molecule has 0 fully saturated rings. The largest absolute Gasteiger partial charge is 0.507 e. The predicted molar refractivity (Wildman–Crippen MR) is 63.7 cm³/mol. The second-order valence-corrected chi connectivity index (χ2v) is 3.69. The van der Waals surface area contributed by atoms with Gasteiger partial charge in [0.25, 0.3) is 5.91 Å². The molecule has 0 radical (unpaired) electrons. The number of phenols is 1. The molecule has 2 rings (SSSR count). The van der Waals surface area contributed by atoms with Crippen molar-refractivity contribution in [2.45, 2.75) is 0 Å². The lowest BCUT2D eigenvalue weighted by molar-refractivity contribution is -0.117. The van der Waals surface area contributed by atoms with Crippen molar-refractivity contribution in [2.75, 3.05) is 18.5 Å². The number of hydrogen-bond acceptors (Lipinski definition) is 5. The van der Waals surface area contributed by atoms with Gasteiger partial charge in [-0.05, 0) is 12.1 Å². The number of carboxylic acid groups (broad SMARTS) is 1. The molecule has 0 saturated heterocycles. The molecule has 1 amide bonds. The second-order valence-electron chi connectivity index (χ2n) is 3.69. The number of amides is 1. The number of ether oxygens (including phenoxy) is 2. The van der Waals surface area contributed by atoms with Gasteiger partial charge in [-0.15, -0.1) is 0 Å². The third-order valence-corrected chi connectivity index (χ3v) is 2.36. The van der Waals surface area contributed by atoms with Gasteiger partial charge >= 0.3 is 5.97 Å². The van der Waals surface area contributed by atoms with E-state index in [1.165, 1.54) is 18.4 Å². The Balaban J connectivity index is 2.11. The molecule has 1 heterocycles. The minimum absolute atomic E-state index is 0.0213. The number of benzene rings is 1. The van der Waals surface area contributed by atoms with Crippen LogP contribution in [0.25, 0.3) is 0 Å². The van der Waals surface area contributed by atoms with Crippen molar-refractivity contribution in [3.8, 4) is 5.75 Å². The number of nitrogens with one attached hydrogen (secondary N) is 1. The molecule has 0 unspecified atom stereocenters. The Hall–Kier alpha value is -2.70. The van der Waals surface area contributed by atoms with Gasteiger partial charge < -0.3 is 25.0 Å². The van der Waals surface area contributed by atoms with Gasteiger partial charge in [0.15, 0.2) is 0 Å². The van der Waals surface area contributed by atoms with Crippen LogP contribution in [0.2, 0.25) is 0 Å². The molecule has 0 spiro atoms. The molecule has 19 heavy (non-hydrogen) atoms. The van der Waals surface area contributed by atoms with Gasteiger partial charge in [-0.2, -0.15) is 0 Å². The molecule has 1 aliphatic heterocycles. The topological polar surface area (TPSA) is 105 Å². The van der Waals surface area contributed by atoms with E-state index < -0.39 is 17.6 Å². The van der Waals surface area contributed by atoms with Gasteiger partial charge in [-0.1, -0.05) is 0 Å². The third-order valence-electron chi connectivity index (χ3n) is 2.36.